The van der Waals surface area contributed by atoms with Crippen LogP contribution in [-0.2, 0) is 42.2 Å². The zero-order valence-electron chi connectivity index (χ0n) is 17.0. The minimum absolute atomic E-state index is 0. The second kappa shape index (κ2) is 8.17. The standard InChI is InChI=1S/C22H33O3.Y/c1-14(2)17-8-9-22(20(24)25-5)11-10-21(4)15(3)12-16(13-23)6-7-18(21)19(17)22;/h6,14,18,23H,7-13H2,1-5H3;/q-1;/t18-,21+,22+;/m1./s1. The zero-order chi connectivity index (χ0) is 18.4. The fourth-order valence-electron chi connectivity index (χ4n) is 5.73. The maximum atomic E-state index is 12.9. The van der Waals surface area contributed by atoms with Crippen molar-refractivity contribution in [2.75, 3.05) is 13.7 Å². The Morgan fingerprint density at radius 3 is 2.65 bits per heavy atom. The first-order chi connectivity index (χ1) is 11.8. The predicted molar refractivity (Wildman–Crippen MR) is 99.7 cm³/mol. The van der Waals surface area contributed by atoms with Gasteiger partial charge >= 0.3 is 5.97 Å². The summed E-state index contributed by atoms with van der Waals surface area (Å²) in [5.41, 5.74) is 3.69. The molecule has 0 heterocycles. The Hall–Kier alpha value is 0.0139. The number of allylic oxidation sites excluding steroid dienone is 2. The van der Waals surface area contributed by atoms with Crippen molar-refractivity contribution in [1.82, 2.24) is 0 Å². The fraction of sp³-hybridized carbons (Fsp3) is 0.727. The molecule has 0 aromatic heterocycles. The number of carbonyl (C=O) groups excluding carboxylic acids is 1. The van der Waals surface area contributed by atoms with Gasteiger partial charge in [0.2, 0.25) is 0 Å². The summed E-state index contributed by atoms with van der Waals surface area (Å²) in [6.07, 6.45) is 7.89. The van der Waals surface area contributed by atoms with Crippen molar-refractivity contribution in [3.05, 3.63) is 28.7 Å². The molecule has 3 aliphatic carbocycles. The molecule has 3 rings (SSSR count). The van der Waals surface area contributed by atoms with E-state index < -0.39 is 5.41 Å². The molecular weight excluding hydrogens is 401 g/mol. The van der Waals surface area contributed by atoms with Gasteiger partial charge in [0.05, 0.1) is 19.1 Å². The van der Waals surface area contributed by atoms with Crippen LogP contribution in [0.1, 0.15) is 66.2 Å². The number of fused-ring (bicyclic) bond motifs is 3. The van der Waals surface area contributed by atoms with Crippen LogP contribution in [0.15, 0.2) is 22.8 Å². The molecule has 26 heavy (non-hydrogen) atoms. The third kappa shape index (κ3) is 3.31. The summed E-state index contributed by atoms with van der Waals surface area (Å²) in [5.74, 6) is 2.24. The Balaban J connectivity index is 0.00000243. The molecule has 0 bridgehead atoms. The average molecular weight is 434 g/mol. The minimum atomic E-state index is -0.406. The third-order valence-electron chi connectivity index (χ3n) is 7.46. The fourth-order valence-corrected chi connectivity index (χ4v) is 5.73. The van der Waals surface area contributed by atoms with Crippen LogP contribution < -0.4 is 0 Å². The second-order valence-corrected chi connectivity index (χ2v) is 8.85. The third-order valence-corrected chi connectivity index (χ3v) is 7.46. The number of aliphatic hydroxyl groups is 1. The van der Waals surface area contributed by atoms with Crippen LogP contribution in [0.2, 0.25) is 0 Å². The molecule has 1 radical (unpaired) electrons. The number of esters is 1. The Morgan fingerprint density at radius 2 is 2.08 bits per heavy atom. The molecular formula is C22H33O3Y-. The van der Waals surface area contributed by atoms with Crippen molar-refractivity contribution >= 4 is 5.97 Å². The Morgan fingerprint density at radius 1 is 1.38 bits per heavy atom. The van der Waals surface area contributed by atoms with Gasteiger partial charge in [-0.25, -0.2) is 0 Å². The molecule has 3 aliphatic rings. The largest absolute Gasteiger partial charge is 0.468 e. The number of hydrogen-bond donors (Lipinski definition) is 1. The van der Waals surface area contributed by atoms with Gasteiger partial charge in [-0.3, -0.25) is 4.79 Å². The van der Waals surface area contributed by atoms with Gasteiger partial charge in [0.15, 0.2) is 0 Å². The second-order valence-electron chi connectivity index (χ2n) is 8.85. The number of aliphatic hydroxyl groups excluding tert-OH is 1. The van der Waals surface area contributed by atoms with Gasteiger partial charge in [0.25, 0.3) is 0 Å². The molecule has 1 fully saturated rings. The van der Waals surface area contributed by atoms with E-state index in [-0.39, 0.29) is 50.7 Å². The van der Waals surface area contributed by atoms with Crippen LogP contribution in [-0.4, -0.2) is 24.8 Å². The van der Waals surface area contributed by atoms with E-state index in [9.17, 15) is 9.90 Å². The molecule has 0 saturated heterocycles. The number of rotatable bonds is 3. The van der Waals surface area contributed by atoms with Gasteiger partial charge in [0, 0.05) is 32.7 Å². The molecule has 0 unspecified atom stereocenters. The van der Waals surface area contributed by atoms with Crippen molar-refractivity contribution < 1.29 is 47.3 Å². The van der Waals surface area contributed by atoms with Gasteiger partial charge in [-0.05, 0) is 37.5 Å². The smallest absolute Gasteiger partial charge is 0.315 e. The monoisotopic (exact) mass is 434 g/mol. The van der Waals surface area contributed by atoms with E-state index in [4.69, 9.17) is 4.74 Å². The van der Waals surface area contributed by atoms with Crippen LogP contribution >= 0.6 is 0 Å². The summed E-state index contributed by atoms with van der Waals surface area (Å²) in [4.78, 5) is 12.9. The first-order valence-electron chi connectivity index (χ1n) is 9.73. The van der Waals surface area contributed by atoms with Gasteiger partial charge < -0.3 is 15.8 Å². The van der Waals surface area contributed by atoms with E-state index in [2.05, 4.69) is 33.8 Å². The summed E-state index contributed by atoms with van der Waals surface area (Å²) in [5, 5.41) is 9.69. The first kappa shape index (κ1) is 22.3. The topological polar surface area (TPSA) is 46.5 Å². The zero-order valence-corrected chi connectivity index (χ0v) is 19.9. The van der Waals surface area contributed by atoms with E-state index in [1.165, 1.54) is 24.2 Å². The molecule has 1 saturated carbocycles. The quantitative estimate of drug-likeness (QED) is 0.401. The Kier molecular flexibility index (Phi) is 7.01. The van der Waals surface area contributed by atoms with Crippen molar-refractivity contribution in [2.45, 2.75) is 66.2 Å². The molecule has 4 heteroatoms. The summed E-state index contributed by atoms with van der Waals surface area (Å²) in [7, 11) is 1.53. The van der Waals surface area contributed by atoms with E-state index in [1.54, 1.807) is 0 Å². The van der Waals surface area contributed by atoms with Gasteiger partial charge in [-0.1, -0.05) is 50.0 Å². The number of methoxy groups -OCH3 is 1. The molecule has 1 N–H and O–H groups in total. The maximum Gasteiger partial charge on any atom is 0.315 e. The predicted octanol–water partition coefficient (Wildman–Crippen LogP) is 4.61. The van der Waals surface area contributed by atoms with Crippen molar-refractivity contribution in [3.8, 4) is 0 Å². The molecule has 3 nitrogen and oxygen atoms in total. The van der Waals surface area contributed by atoms with Crippen LogP contribution in [0.25, 0.3) is 0 Å². The van der Waals surface area contributed by atoms with Crippen molar-refractivity contribution in [2.24, 2.45) is 22.7 Å². The minimum Gasteiger partial charge on any atom is -0.468 e. The van der Waals surface area contributed by atoms with Crippen LogP contribution in [0, 0.1) is 28.6 Å². The summed E-state index contributed by atoms with van der Waals surface area (Å²) >= 11 is 0. The number of carbonyl (C=O) groups is 1. The Labute approximate surface area is 183 Å². The molecule has 143 valence electrons. The van der Waals surface area contributed by atoms with Crippen molar-refractivity contribution in [1.29, 1.82) is 0 Å². The molecule has 0 aliphatic heterocycles. The molecule has 0 aromatic rings. The average Bonchev–Trinajstić information content (AvgIpc) is 2.94. The van der Waals surface area contributed by atoms with Crippen LogP contribution in [0.4, 0.5) is 0 Å². The molecule has 0 amide bonds. The summed E-state index contributed by atoms with van der Waals surface area (Å²) in [6, 6.07) is 0. The maximum absolute atomic E-state index is 12.9. The van der Waals surface area contributed by atoms with E-state index in [1.807, 2.05) is 0 Å². The van der Waals surface area contributed by atoms with Crippen LogP contribution in [0.5, 0.6) is 0 Å². The first-order valence-corrected chi connectivity index (χ1v) is 9.73. The normalized spacial score (nSPS) is 34.6. The Bertz CT molecular complexity index is 621. The molecule has 3 atom stereocenters. The van der Waals surface area contributed by atoms with E-state index in [0.29, 0.717) is 11.8 Å². The summed E-state index contributed by atoms with van der Waals surface area (Å²) in [6.45, 7) is 9.27. The molecule has 0 aromatic carbocycles. The number of hydrogen-bond acceptors (Lipinski definition) is 3. The van der Waals surface area contributed by atoms with Crippen LogP contribution in [0.3, 0.4) is 0 Å². The SMILES string of the molecule is COC(=O)[C@]12CCC(C(C)C)=C1[C@H]1CC=C(CO)C[C-](C)[C@]1(C)CC2.[Y]. The van der Waals surface area contributed by atoms with Gasteiger partial charge in [0.1, 0.15) is 0 Å². The van der Waals surface area contributed by atoms with Gasteiger partial charge in [-0.2, -0.15) is 13.3 Å². The van der Waals surface area contributed by atoms with E-state index >= 15 is 0 Å². The van der Waals surface area contributed by atoms with Crippen molar-refractivity contribution in [3.63, 3.8) is 0 Å². The summed E-state index contributed by atoms with van der Waals surface area (Å²) < 4.78 is 5.30. The molecule has 0 spiro atoms. The van der Waals surface area contributed by atoms with E-state index in [0.717, 1.165) is 44.1 Å². The van der Waals surface area contributed by atoms with Gasteiger partial charge in [-0.15, -0.1) is 5.41 Å². The number of ether oxygens (including phenoxy) is 1.